The number of carbonyl (C=O) groups is 1. The maximum Gasteiger partial charge on any atom is 0.225 e. The maximum atomic E-state index is 12.4. The number of aryl methyl sites for hydroxylation is 1. The van der Waals surface area contributed by atoms with E-state index in [0.29, 0.717) is 6.54 Å². The van der Waals surface area contributed by atoms with Gasteiger partial charge in [0, 0.05) is 31.2 Å². The number of nitrogens with one attached hydrogen (secondary N) is 1. The lowest BCUT2D eigenvalue weighted by Crippen LogP contribution is -2.35. The van der Waals surface area contributed by atoms with E-state index in [1.807, 2.05) is 67.1 Å². The van der Waals surface area contributed by atoms with Crippen molar-refractivity contribution in [1.82, 2.24) is 19.9 Å². The first-order valence-corrected chi connectivity index (χ1v) is 8.59. The third-order valence-corrected chi connectivity index (χ3v) is 4.49. The van der Waals surface area contributed by atoms with Gasteiger partial charge in [0.1, 0.15) is 11.6 Å². The largest absolute Gasteiger partial charge is 0.352 e. The molecule has 2 atom stereocenters. The van der Waals surface area contributed by atoms with Crippen LogP contribution in [0.15, 0.2) is 61.1 Å². The summed E-state index contributed by atoms with van der Waals surface area (Å²) in [6, 6.07) is 13.2. The summed E-state index contributed by atoms with van der Waals surface area (Å²) in [5, 5.41) is 2.94. The van der Waals surface area contributed by atoms with Crippen molar-refractivity contribution in [2.24, 2.45) is 11.7 Å². The van der Waals surface area contributed by atoms with Crippen LogP contribution in [0.5, 0.6) is 0 Å². The van der Waals surface area contributed by atoms with Gasteiger partial charge in [0.25, 0.3) is 0 Å². The average molecular weight is 422 g/mol. The molecule has 3 aromatic rings. The van der Waals surface area contributed by atoms with Crippen LogP contribution >= 0.6 is 24.8 Å². The first-order chi connectivity index (χ1) is 12.6. The number of hydrogen-bond acceptors (Lipinski definition) is 4. The Morgan fingerprint density at radius 2 is 1.86 bits per heavy atom. The van der Waals surface area contributed by atoms with Gasteiger partial charge in [0.15, 0.2) is 0 Å². The molecule has 8 heteroatoms. The molecule has 0 saturated carbocycles. The van der Waals surface area contributed by atoms with Crippen molar-refractivity contribution in [2.75, 3.05) is 0 Å². The molecule has 0 aliphatic rings. The van der Waals surface area contributed by atoms with Crippen LogP contribution in [0.2, 0.25) is 0 Å². The molecule has 3 N–H and O–H groups in total. The number of aromatic nitrogens is 3. The molecule has 3 rings (SSSR count). The fourth-order valence-corrected chi connectivity index (χ4v) is 2.76. The second-order valence-corrected chi connectivity index (χ2v) is 6.31. The van der Waals surface area contributed by atoms with Crippen molar-refractivity contribution < 1.29 is 4.79 Å². The number of hydrogen-bond donors (Lipinski definition) is 2. The van der Waals surface area contributed by atoms with E-state index in [1.165, 1.54) is 0 Å². The Labute approximate surface area is 177 Å². The molecule has 0 saturated heterocycles. The molecule has 0 bridgehead atoms. The molecule has 0 aliphatic carbocycles. The van der Waals surface area contributed by atoms with E-state index in [0.717, 1.165) is 22.8 Å². The fraction of sp³-hybridized carbons (Fsp3) is 0.250. The Morgan fingerprint density at radius 3 is 2.43 bits per heavy atom. The van der Waals surface area contributed by atoms with E-state index in [1.54, 1.807) is 12.4 Å². The summed E-state index contributed by atoms with van der Waals surface area (Å²) in [5.74, 6) is 1.28. The Bertz CT molecular complexity index is 868. The number of nitrogens with two attached hydrogens (primary N) is 1. The number of amides is 1. The average Bonchev–Trinajstić information content (AvgIpc) is 3.12. The Kier molecular flexibility index (Phi) is 9.12. The molecule has 1 amide bonds. The van der Waals surface area contributed by atoms with Gasteiger partial charge in [-0.25, -0.2) is 9.97 Å². The molecule has 1 aromatic carbocycles. The lowest BCUT2D eigenvalue weighted by Gasteiger charge is -2.19. The highest BCUT2D eigenvalue weighted by Gasteiger charge is 2.21. The second kappa shape index (κ2) is 10.8. The minimum atomic E-state index is -0.332. The van der Waals surface area contributed by atoms with Crippen LogP contribution in [-0.4, -0.2) is 20.4 Å². The normalized spacial score (nSPS) is 12.2. The predicted molar refractivity (Wildman–Crippen MR) is 115 cm³/mol. The summed E-state index contributed by atoms with van der Waals surface area (Å²) in [4.78, 5) is 21.0. The van der Waals surface area contributed by atoms with Crippen LogP contribution in [0.25, 0.3) is 5.82 Å². The lowest BCUT2D eigenvalue weighted by atomic mass is 9.94. The highest BCUT2D eigenvalue weighted by Crippen LogP contribution is 2.19. The minimum absolute atomic E-state index is 0. The van der Waals surface area contributed by atoms with E-state index < -0.39 is 0 Å². The van der Waals surface area contributed by atoms with E-state index in [4.69, 9.17) is 5.73 Å². The zero-order chi connectivity index (χ0) is 18.5. The summed E-state index contributed by atoms with van der Waals surface area (Å²) in [5.41, 5.74) is 8.10. The number of halogens is 2. The number of pyridine rings is 1. The maximum absolute atomic E-state index is 12.4. The number of rotatable bonds is 6. The third-order valence-electron chi connectivity index (χ3n) is 4.49. The molecule has 28 heavy (non-hydrogen) atoms. The minimum Gasteiger partial charge on any atom is -0.352 e. The van der Waals surface area contributed by atoms with Crippen molar-refractivity contribution in [3.05, 3.63) is 78.0 Å². The van der Waals surface area contributed by atoms with Crippen LogP contribution < -0.4 is 11.1 Å². The first-order valence-electron chi connectivity index (χ1n) is 8.59. The molecular formula is C20H25Cl2N5O. The zero-order valence-electron chi connectivity index (χ0n) is 15.8. The van der Waals surface area contributed by atoms with Gasteiger partial charge in [0.2, 0.25) is 5.91 Å². The Morgan fingerprint density at radius 1 is 1.14 bits per heavy atom. The van der Waals surface area contributed by atoms with Crippen LogP contribution in [0, 0.1) is 12.8 Å². The van der Waals surface area contributed by atoms with Gasteiger partial charge in [-0.1, -0.05) is 43.3 Å². The standard InChI is InChI=1S/C20H23N5O.2ClH/c1-14(19(21)17-6-4-3-5-7-17)20(26)24-13-16-8-9-18(23-12-16)25-11-10-22-15(25)2;;/h3-12,14,19H,13,21H2,1-2H3,(H,24,26);2*1H. The van der Waals surface area contributed by atoms with Crippen LogP contribution in [0.4, 0.5) is 0 Å². The number of imidazole rings is 1. The second-order valence-electron chi connectivity index (χ2n) is 6.31. The molecular weight excluding hydrogens is 397 g/mol. The van der Waals surface area contributed by atoms with Gasteiger partial charge in [-0.15, -0.1) is 24.8 Å². The number of benzene rings is 1. The van der Waals surface area contributed by atoms with Gasteiger partial charge < -0.3 is 11.1 Å². The summed E-state index contributed by atoms with van der Waals surface area (Å²) < 4.78 is 1.91. The molecule has 2 aromatic heterocycles. The summed E-state index contributed by atoms with van der Waals surface area (Å²) in [6.45, 7) is 4.18. The predicted octanol–water partition coefficient (Wildman–Crippen LogP) is 3.37. The van der Waals surface area contributed by atoms with E-state index in [-0.39, 0.29) is 42.7 Å². The summed E-state index contributed by atoms with van der Waals surface area (Å²) >= 11 is 0. The van der Waals surface area contributed by atoms with Gasteiger partial charge in [0.05, 0.1) is 5.92 Å². The quantitative estimate of drug-likeness (QED) is 0.638. The Balaban J connectivity index is 0.00000196. The van der Waals surface area contributed by atoms with E-state index >= 15 is 0 Å². The molecule has 0 fully saturated rings. The SMILES string of the molecule is Cc1nccn1-c1ccc(CNC(=O)C(C)C(N)c2ccccc2)cn1.Cl.Cl. The zero-order valence-corrected chi connectivity index (χ0v) is 17.4. The van der Waals surface area contributed by atoms with E-state index in [2.05, 4.69) is 15.3 Å². The van der Waals surface area contributed by atoms with Crippen molar-refractivity contribution in [2.45, 2.75) is 26.4 Å². The van der Waals surface area contributed by atoms with Gasteiger partial charge in [-0.2, -0.15) is 0 Å². The van der Waals surface area contributed by atoms with Crippen LogP contribution in [0.1, 0.15) is 29.9 Å². The summed E-state index contributed by atoms with van der Waals surface area (Å²) in [7, 11) is 0. The van der Waals surface area contributed by atoms with Gasteiger partial charge >= 0.3 is 0 Å². The fourth-order valence-electron chi connectivity index (χ4n) is 2.76. The molecule has 6 nitrogen and oxygen atoms in total. The number of carbonyl (C=O) groups excluding carboxylic acids is 1. The van der Waals surface area contributed by atoms with Crippen molar-refractivity contribution >= 4 is 30.7 Å². The van der Waals surface area contributed by atoms with Gasteiger partial charge in [-0.05, 0) is 24.1 Å². The van der Waals surface area contributed by atoms with E-state index in [9.17, 15) is 4.79 Å². The topological polar surface area (TPSA) is 85.8 Å². The van der Waals surface area contributed by atoms with Gasteiger partial charge in [-0.3, -0.25) is 9.36 Å². The molecule has 2 unspecified atom stereocenters. The number of nitrogens with zero attached hydrogens (tertiary/aromatic N) is 3. The highest BCUT2D eigenvalue weighted by atomic mass is 35.5. The highest BCUT2D eigenvalue weighted by molar-refractivity contribution is 5.85. The summed E-state index contributed by atoms with van der Waals surface area (Å²) in [6.07, 6.45) is 5.37. The molecule has 0 aliphatic heterocycles. The molecule has 150 valence electrons. The molecule has 2 heterocycles. The Hall–Kier alpha value is -2.41. The third kappa shape index (κ3) is 5.55. The molecule has 0 spiro atoms. The van der Waals surface area contributed by atoms with Crippen molar-refractivity contribution in [3.8, 4) is 5.82 Å². The van der Waals surface area contributed by atoms with Crippen LogP contribution in [0.3, 0.4) is 0 Å². The van der Waals surface area contributed by atoms with Crippen molar-refractivity contribution in [1.29, 1.82) is 0 Å². The lowest BCUT2D eigenvalue weighted by molar-refractivity contribution is -0.125. The first kappa shape index (κ1) is 23.6. The van der Waals surface area contributed by atoms with Crippen molar-refractivity contribution in [3.63, 3.8) is 0 Å². The smallest absolute Gasteiger partial charge is 0.225 e. The van der Waals surface area contributed by atoms with Crippen LogP contribution in [-0.2, 0) is 11.3 Å². The monoisotopic (exact) mass is 421 g/mol. The molecule has 0 radical (unpaired) electrons.